The maximum atomic E-state index is 13.5. The van der Waals surface area contributed by atoms with Crippen LogP contribution >= 0.6 is 15.9 Å². The van der Waals surface area contributed by atoms with Crippen molar-refractivity contribution in [1.82, 2.24) is 5.32 Å². The van der Waals surface area contributed by atoms with Gasteiger partial charge in [0.2, 0.25) is 0 Å². The third-order valence-corrected chi connectivity index (χ3v) is 3.31. The number of ether oxygens (including phenoxy) is 1. The van der Waals surface area contributed by atoms with Gasteiger partial charge >= 0.3 is 0 Å². The molecule has 106 valence electrons. The van der Waals surface area contributed by atoms with E-state index in [-0.39, 0.29) is 5.75 Å². The largest absolute Gasteiger partial charge is 0.453 e. The van der Waals surface area contributed by atoms with Gasteiger partial charge in [0.1, 0.15) is 11.6 Å². The predicted octanol–water partition coefficient (Wildman–Crippen LogP) is 4.63. The second kappa shape index (κ2) is 6.81. The summed E-state index contributed by atoms with van der Waals surface area (Å²) in [6.45, 7) is 3.65. The molecule has 2 aromatic carbocycles. The van der Waals surface area contributed by atoms with Crippen molar-refractivity contribution < 1.29 is 13.5 Å². The molecule has 0 atom stereocenters. The summed E-state index contributed by atoms with van der Waals surface area (Å²) in [5.41, 5.74) is 1.07. The number of rotatable bonds is 5. The minimum Gasteiger partial charge on any atom is -0.453 e. The third-order valence-electron chi connectivity index (χ3n) is 2.69. The first-order valence-corrected chi connectivity index (χ1v) is 7.01. The van der Waals surface area contributed by atoms with E-state index in [1.165, 1.54) is 0 Å². The van der Waals surface area contributed by atoms with Crippen LogP contribution in [0.4, 0.5) is 8.78 Å². The average Bonchev–Trinajstić information content (AvgIpc) is 2.43. The smallest absolute Gasteiger partial charge is 0.166 e. The quantitative estimate of drug-likeness (QED) is 0.856. The van der Waals surface area contributed by atoms with E-state index < -0.39 is 11.6 Å². The predicted molar refractivity (Wildman–Crippen MR) is 78.0 cm³/mol. The Morgan fingerprint density at radius 2 is 1.90 bits per heavy atom. The average molecular weight is 342 g/mol. The number of halogens is 3. The molecule has 2 nitrogen and oxygen atoms in total. The number of benzene rings is 2. The lowest BCUT2D eigenvalue weighted by Crippen LogP contribution is -2.11. The molecule has 0 heterocycles. The van der Waals surface area contributed by atoms with Crippen LogP contribution in [0.15, 0.2) is 40.9 Å². The van der Waals surface area contributed by atoms with Crippen LogP contribution in [0.25, 0.3) is 0 Å². The first-order valence-electron chi connectivity index (χ1n) is 6.22. The Kier molecular flexibility index (Phi) is 5.09. The minimum absolute atomic E-state index is 0.134. The van der Waals surface area contributed by atoms with E-state index >= 15 is 0 Å². The second-order valence-electron chi connectivity index (χ2n) is 4.22. The van der Waals surface area contributed by atoms with Crippen molar-refractivity contribution in [3.63, 3.8) is 0 Å². The van der Waals surface area contributed by atoms with Crippen molar-refractivity contribution in [3.8, 4) is 11.5 Å². The van der Waals surface area contributed by atoms with Gasteiger partial charge in [0.15, 0.2) is 11.6 Å². The van der Waals surface area contributed by atoms with Crippen LogP contribution in [0, 0.1) is 11.6 Å². The third kappa shape index (κ3) is 3.77. The van der Waals surface area contributed by atoms with E-state index in [1.54, 1.807) is 6.07 Å². The lowest BCUT2D eigenvalue weighted by Gasteiger charge is -2.10. The maximum Gasteiger partial charge on any atom is 0.166 e. The Morgan fingerprint density at radius 3 is 2.60 bits per heavy atom. The molecule has 0 saturated carbocycles. The van der Waals surface area contributed by atoms with Crippen molar-refractivity contribution in [2.75, 3.05) is 6.54 Å². The van der Waals surface area contributed by atoms with Crippen LogP contribution in [0.1, 0.15) is 12.5 Å². The summed E-state index contributed by atoms with van der Waals surface area (Å²) >= 11 is 3.37. The fourth-order valence-corrected chi connectivity index (χ4v) is 2.19. The highest BCUT2D eigenvalue weighted by Crippen LogP contribution is 2.32. The van der Waals surface area contributed by atoms with Crippen LogP contribution in [0.3, 0.4) is 0 Å². The molecule has 20 heavy (non-hydrogen) atoms. The lowest BCUT2D eigenvalue weighted by atomic mass is 10.2. The van der Waals surface area contributed by atoms with Crippen LogP contribution in [-0.2, 0) is 6.54 Å². The summed E-state index contributed by atoms with van der Waals surface area (Å²) in [5, 5.41) is 3.21. The SMILES string of the molecule is CCNCc1ccc(Oc2cc(F)ccc2F)c(Br)c1. The molecular weight excluding hydrogens is 328 g/mol. The molecule has 0 aromatic heterocycles. The molecule has 0 amide bonds. The highest BCUT2D eigenvalue weighted by molar-refractivity contribution is 9.10. The van der Waals surface area contributed by atoms with Crippen molar-refractivity contribution >= 4 is 15.9 Å². The Labute approximate surface area is 124 Å². The standard InChI is InChI=1S/C15H14BrF2NO/c1-2-19-9-10-3-6-14(12(16)7-10)20-15-8-11(17)4-5-13(15)18/h3-8,19H,2,9H2,1H3. The molecule has 2 rings (SSSR count). The van der Waals surface area contributed by atoms with Crippen LogP contribution in [0.5, 0.6) is 11.5 Å². The van der Waals surface area contributed by atoms with Gasteiger partial charge in [-0.25, -0.2) is 8.78 Å². The Bertz CT molecular complexity index is 604. The summed E-state index contributed by atoms with van der Waals surface area (Å²) in [6, 6.07) is 8.60. The van der Waals surface area contributed by atoms with Gasteiger partial charge in [-0.15, -0.1) is 0 Å². The zero-order valence-corrected chi connectivity index (χ0v) is 12.5. The second-order valence-corrected chi connectivity index (χ2v) is 5.08. The molecule has 0 saturated heterocycles. The first-order chi connectivity index (χ1) is 9.60. The van der Waals surface area contributed by atoms with E-state index in [0.29, 0.717) is 10.2 Å². The molecule has 1 N–H and O–H groups in total. The molecule has 0 aliphatic rings. The highest BCUT2D eigenvalue weighted by Gasteiger charge is 2.09. The summed E-state index contributed by atoms with van der Waals surface area (Å²) in [5.74, 6) is -0.837. The van der Waals surface area contributed by atoms with Gasteiger partial charge in [-0.2, -0.15) is 0 Å². The molecule has 2 aromatic rings. The molecule has 0 spiro atoms. The molecular formula is C15H14BrF2NO. The number of hydrogen-bond donors (Lipinski definition) is 1. The zero-order valence-electron chi connectivity index (χ0n) is 10.9. The van der Waals surface area contributed by atoms with Crippen molar-refractivity contribution in [1.29, 1.82) is 0 Å². The summed E-state index contributed by atoms with van der Waals surface area (Å²) in [6.07, 6.45) is 0. The molecule has 0 fully saturated rings. The van der Waals surface area contributed by atoms with Crippen molar-refractivity contribution in [3.05, 3.63) is 58.1 Å². The molecule has 5 heteroatoms. The van der Waals surface area contributed by atoms with Crippen molar-refractivity contribution in [2.45, 2.75) is 13.5 Å². The molecule has 0 bridgehead atoms. The van der Waals surface area contributed by atoms with E-state index in [1.807, 2.05) is 19.1 Å². The van der Waals surface area contributed by atoms with Crippen molar-refractivity contribution in [2.24, 2.45) is 0 Å². The van der Waals surface area contributed by atoms with Gasteiger partial charge < -0.3 is 10.1 Å². The minimum atomic E-state index is -0.602. The topological polar surface area (TPSA) is 21.3 Å². The van der Waals surface area contributed by atoms with E-state index in [9.17, 15) is 8.78 Å². The Balaban J connectivity index is 2.19. The van der Waals surface area contributed by atoms with Gasteiger partial charge in [0, 0.05) is 12.6 Å². The van der Waals surface area contributed by atoms with Gasteiger partial charge in [-0.1, -0.05) is 13.0 Å². The van der Waals surface area contributed by atoms with Gasteiger partial charge in [-0.05, 0) is 52.3 Å². The molecule has 0 aliphatic carbocycles. The molecule has 0 aliphatic heterocycles. The maximum absolute atomic E-state index is 13.5. The fraction of sp³-hybridized carbons (Fsp3) is 0.200. The monoisotopic (exact) mass is 341 g/mol. The zero-order chi connectivity index (χ0) is 14.5. The van der Waals surface area contributed by atoms with E-state index in [0.717, 1.165) is 36.9 Å². The molecule has 0 radical (unpaired) electrons. The first kappa shape index (κ1) is 14.9. The number of nitrogens with one attached hydrogen (secondary N) is 1. The molecule has 0 unspecified atom stereocenters. The summed E-state index contributed by atoms with van der Waals surface area (Å²) < 4.78 is 32.7. The van der Waals surface area contributed by atoms with Gasteiger partial charge in [0.05, 0.1) is 4.47 Å². The van der Waals surface area contributed by atoms with E-state index in [2.05, 4.69) is 21.2 Å². The normalized spacial score (nSPS) is 10.6. The summed E-state index contributed by atoms with van der Waals surface area (Å²) in [4.78, 5) is 0. The lowest BCUT2D eigenvalue weighted by molar-refractivity contribution is 0.434. The Morgan fingerprint density at radius 1 is 1.10 bits per heavy atom. The van der Waals surface area contributed by atoms with Crippen LogP contribution in [0.2, 0.25) is 0 Å². The van der Waals surface area contributed by atoms with E-state index in [4.69, 9.17) is 4.74 Å². The summed E-state index contributed by atoms with van der Waals surface area (Å²) in [7, 11) is 0. The van der Waals surface area contributed by atoms with Crippen LogP contribution in [-0.4, -0.2) is 6.54 Å². The van der Waals surface area contributed by atoms with Gasteiger partial charge in [0.25, 0.3) is 0 Å². The van der Waals surface area contributed by atoms with Crippen LogP contribution < -0.4 is 10.1 Å². The highest BCUT2D eigenvalue weighted by atomic mass is 79.9. The fourth-order valence-electron chi connectivity index (χ4n) is 1.68. The Hall–Kier alpha value is -1.46. The number of hydrogen-bond acceptors (Lipinski definition) is 2. The van der Waals surface area contributed by atoms with Gasteiger partial charge in [-0.3, -0.25) is 0 Å².